The molecule has 0 radical (unpaired) electrons. The van der Waals surface area contributed by atoms with Crippen LogP contribution in [-0.4, -0.2) is 4.98 Å². The van der Waals surface area contributed by atoms with Gasteiger partial charge in [0.15, 0.2) is 0 Å². The molecule has 0 aliphatic heterocycles. The van der Waals surface area contributed by atoms with Crippen LogP contribution in [0.5, 0.6) is 0 Å². The molecule has 2 rings (SSSR count). The van der Waals surface area contributed by atoms with Crippen molar-refractivity contribution in [3.05, 3.63) is 28.6 Å². The molecule has 0 spiro atoms. The van der Waals surface area contributed by atoms with Gasteiger partial charge >= 0.3 is 0 Å². The molecule has 1 aromatic heterocycles. The zero-order valence-corrected chi connectivity index (χ0v) is 9.43. The quantitative estimate of drug-likeness (QED) is 0.571. The molecule has 1 aliphatic rings. The summed E-state index contributed by atoms with van der Waals surface area (Å²) in [5.41, 5.74) is 5.52. The van der Waals surface area contributed by atoms with Crippen molar-refractivity contribution in [2.75, 3.05) is 0 Å². The minimum absolute atomic E-state index is 0.865. The van der Waals surface area contributed by atoms with Gasteiger partial charge in [-0.05, 0) is 62.6 Å². The summed E-state index contributed by atoms with van der Waals surface area (Å²) < 4.78 is 0. The van der Waals surface area contributed by atoms with Gasteiger partial charge in [-0.15, -0.1) is 0 Å². The summed E-state index contributed by atoms with van der Waals surface area (Å²) in [5.74, 6) is 0.865. The lowest BCUT2D eigenvalue weighted by molar-refractivity contribution is 0.508. The number of aromatic nitrogens is 1. The molecule has 0 fully saturated rings. The maximum absolute atomic E-state index is 4.67. The van der Waals surface area contributed by atoms with Crippen LogP contribution >= 0.6 is 0 Å². The van der Waals surface area contributed by atoms with Crippen molar-refractivity contribution in [3.63, 3.8) is 0 Å². The van der Waals surface area contributed by atoms with Gasteiger partial charge in [0.25, 0.3) is 0 Å². The molecule has 1 unspecified atom stereocenters. The van der Waals surface area contributed by atoms with Crippen LogP contribution in [0.3, 0.4) is 0 Å². The number of rotatable bonds is 0. The largest absolute Gasteiger partial charge is 0.258 e. The van der Waals surface area contributed by atoms with Crippen LogP contribution in [0.2, 0.25) is 0 Å². The van der Waals surface area contributed by atoms with E-state index in [-0.39, 0.29) is 0 Å². The highest BCUT2D eigenvalue weighted by Crippen LogP contribution is 2.25. The van der Waals surface area contributed by atoms with E-state index in [4.69, 9.17) is 0 Å². The average molecular weight is 189 g/mol. The van der Waals surface area contributed by atoms with E-state index >= 15 is 0 Å². The van der Waals surface area contributed by atoms with E-state index in [0.29, 0.717) is 0 Å². The van der Waals surface area contributed by atoms with Crippen LogP contribution in [0.1, 0.15) is 42.3 Å². The highest BCUT2D eigenvalue weighted by Gasteiger charge is 2.15. The number of hydrogen-bond acceptors (Lipinski definition) is 1. The third-order valence-electron chi connectivity index (χ3n) is 3.32. The van der Waals surface area contributed by atoms with Crippen molar-refractivity contribution >= 4 is 0 Å². The Labute approximate surface area is 86.6 Å². The lowest BCUT2D eigenvalue weighted by Crippen LogP contribution is -2.00. The molecule has 1 nitrogen and oxygen atoms in total. The first-order chi connectivity index (χ1) is 6.66. The number of pyridine rings is 1. The van der Waals surface area contributed by atoms with Gasteiger partial charge in [-0.25, -0.2) is 0 Å². The zero-order chi connectivity index (χ0) is 10.1. The molecule has 0 N–H and O–H groups in total. The van der Waals surface area contributed by atoms with E-state index in [9.17, 15) is 0 Å². The summed E-state index contributed by atoms with van der Waals surface area (Å²) in [6.45, 7) is 6.68. The fourth-order valence-corrected chi connectivity index (χ4v) is 2.41. The minimum atomic E-state index is 0.865. The molecule has 1 aliphatic carbocycles. The number of nitrogens with zero attached hydrogens (tertiary/aromatic N) is 1. The highest BCUT2D eigenvalue weighted by molar-refractivity contribution is 5.32. The van der Waals surface area contributed by atoms with Crippen molar-refractivity contribution in [1.29, 1.82) is 0 Å². The van der Waals surface area contributed by atoms with Gasteiger partial charge < -0.3 is 0 Å². The Morgan fingerprint density at radius 3 is 2.71 bits per heavy atom. The summed E-state index contributed by atoms with van der Waals surface area (Å²) in [7, 11) is 0. The average Bonchev–Trinajstić information content (AvgIpc) is 2.28. The van der Waals surface area contributed by atoms with Crippen LogP contribution in [-0.2, 0) is 12.8 Å². The van der Waals surface area contributed by atoms with Crippen LogP contribution in [0.25, 0.3) is 0 Å². The molecule has 0 amide bonds. The second-order valence-corrected chi connectivity index (χ2v) is 4.69. The second kappa shape index (κ2) is 3.72. The predicted molar refractivity (Wildman–Crippen MR) is 59.5 cm³/mol. The van der Waals surface area contributed by atoms with Gasteiger partial charge in [0, 0.05) is 11.4 Å². The molecule has 0 saturated heterocycles. The van der Waals surface area contributed by atoms with E-state index in [1.807, 2.05) is 0 Å². The van der Waals surface area contributed by atoms with E-state index in [1.165, 1.54) is 48.2 Å². The van der Waals surface area contributed by atoms with Gasteiger partial charge in [0.05, 0.1) is 0 Å². The Hall–Kier alpha value is -0.850. The van der Waals surface area contributed by atoms with Crippen LogP contribution < -0.4 is 0 Å². The van der Waals surface area contributed by atoms with Gasteiger partial charge in [0.1, 0.15) is 0 Å². The Bertz CT molecular complexity index is 341. The lowest BCUT2D eigenvalue weighted by atomic mass is 10.0. The van der Waals surface area contributed by atoms with E-state index in [2.05, 4.69) is 31.8 Å². The van der Waals surface area contributed by atoms with Crippen LogP contribution in [0, 0.1) is 19.8 Å². The summed E-state index contributed by atoms with van der Waals surface area (Å²) in [6, 6.07) is 2.22. The first-order valence-electron chi connectivity index (χ1n) is 5.63. The van der Waals surface area contributed by atoms with Crippen LogP contribution in [0.15, 0.2) is 6.07 Å². The normalized spacial score (nSPS) is 21.5. The molecule has 0 aromatic carbocycles. The standard InChI is InChI=1S/C13H19N/c1-9-4-6-12-10(2)8-11(3)14-13(12)7-5-9/h8-9H,4-7H2,1-3H3. The Kier molecular flexibility index (Phi) is 2.58. The Balaban J connectivity index is 2.40. The molecule has 1 heteroatoms. The van der Waals surface area contributed by atoms with Gasteiger partial charge in [-0.1, -0.05) is 6.92 Å². The summed E-state index contributed by atoms with van der Waals surface area (Å²) in [6.07, 6.45) is 5.05. The molecule has 1 atom stereocenters. The summed E-state index contributed by atoms with van der Waals surface area (Å²) in [4.78, 5) is 4.67. The van der Waals surface area contributed by atoms with Crippen molar-refractivity contribution in [2.45, 2.75) is 46.5 Å². The molecule has 1 aromatic rings. The Morgan fingerprint density at radius 1 is 1.21 bits per heavy atom. The lowest BCUT2D eigenvalue weighted by Gasteiger charge is -2.09. The number of fused-ring (bicyclic) bond motifs is 1. The SMILES string of the molecule is Cc1cc(C)c2c(n1)CCC(C)CC2. The monoisotopic (exact) mass is 189 g/mol. The summed E-state index contributed by atoms with van der Waals surface area (Å²) in [5, 5.41) is 0. The van der Waals surface area contributed by atoms with Crippen molar-refractivity contribution in [3.8, 4) is 0 Å². The minimum Gasteiger partial charge on any atom is -0.258 e. The smallest absolute Gasteiger partial charge is 0.0441 e. The third-order valence-corrected chi connectivity index (χ3v) is 3.32. The van der Waals surface area contributed by atoms with Crippen molar-refractivity contribution in [1.82, 2.24) is 4.98 Å². The first-order valence-corrected chi connectivity index (χ1v) is 5.63. The molecule has 1 heterocycles. The maximum atomic E-state index is 4.67. The number of aryl methyl sites for hydroxylation is 3. The molecule has 0 saturated carbocycles. The van der Waals surface area contributed by atoms with Gasteiger partial charge in [-0.2, -0.15) is 0 Å². The molecular formula is C13H19N. The fourth-order valence-electron chi connectivity index (χ4n) is 2.41. The predicted octanol–water partition coefficient (Wildman–Crippen LogP) is 3.21. The Morgan fingerprint density at radius 2 is 1.93 bits per heavy atom. The van der Waals surface area contributed by atoms with Gasteiger partial charge in [0.2, 0.25) is 0 Å². The maximum Gasteiger partial charge on any atom is 0.0441 e. The molecule has 14 heavy (non-hydrogen) atoms. The zero-order valence-electron chi connectivity index (χ0n) is 9.43. The molecule has 0 bridgehead atoms. The molecular weight excluding hydrogens is 170 g/mol. The number of hydrogen-bond donors (Lipinski definition) is 0. The highest BCUT2D eigenvalue weighted by atomic mass is 14.7. The van der Waals surface area contributed by atoms with E-state index < -0.39 is 0 Å². The second-order valence-electron chi connectivity index (χ2n) is 4.69. The fraction of sp³-hybridized carbons (Fsp3) is 0.615. The van der Waals surface area contributed by atoms with E-state index in [0.717, 1.165) is 5.92 Å². The van der Waals surface area contributed by atoms with Gasteiger partial charge in [-0.3, -0.25) is 4.98 Å². The van der Waals surface area contributed by atoms with E-state index in [1.54, 1.807) is 0 Å². The summed E-state index contributed by atoms with van der Waals surface area (Å²) >= 11 is 0. The van der Waals surface area contributed by atoms with Crippen molar-refractivity contribution in [2.24, 2.45) is 5.92 Å². The topological polar surface area (TPSA) is 12.9 Å². The first kappa shape index (κ1) is 9.70. The van der Waals surface area contributed by atoms with Crippen molar-refractivity contribution < 1.29 is 0 Å². The third kappa shape index (κ3) is 1.82. The molecule has 76 valence electrons. The van der Waals surface area contributed by atoms with Crippen LogP contribution in [0.4, 0.5) is 0 Å².